The second-order valence-corrected chi connectivity index (χ2v) is 7.54. The molecule has 160 valence electrons. The third-order valence-corrected chi connectivity index (χ3v) is 5.21. The van der Waals surface area contributed by atoms with Gasteiger partial charge in [0.05, 0.1) is 27.9 Å². The van der Waals surface area contributed by atoms with E-state index in [0.717, 1.165) is 23.5 Å². The summed E-state index contributed by atoms with van der Waals surface area (Å²) < 4.78 is 41.3. The number of alkyl halides is 3. The van der Waals surface area contributed by atoms with Crippen molar-refractivity contribution in [3.63, 3.8) is 0 Å². The summed E-state index contributed by atoms with van der Waals surface area (Å²) in [6, 6.07) is 8.93. The molecule has 2 heterocycles. The number of fused-ring (bicyclic) bond motifs is 2. The summed E-state index contributed by atoms with van der Waals surface area (Å²) >= 11 is 0.945. The first-order valence-corrected chi connectivity index (χ1v) is 9.66. The minimum absolute atomic E-state index is 0.132. The van der Waals surface area contributed by atoms with Crippen molar-refractivity contribution in [1.82, 2.24) is 10.3 Å². The van der Waals surface area contributed by atoms with Crippen molar-refractivity contribution >= 4 is 50.1 Å². The molecule has 8 nitrogen and oxygen atoms in total. The Labute approximate surface area is 176 Å². The summed E-state index contributed by atoms with van der Waals surface area (Å²) in [6.07, 6.45) is -5.18. The molecule has 1 aliphatic rings. The molecule has 2 aromatic carbocycles. The number of benzene rings is 2. The van der Waals surface area contributed by atoms with Crippen LogP contribution in [0.15, 0.2) is 42.5 Å². The number of nitrogens with one attached hydrogen (secondary N) is 3. The Morgan fingerprint density at radius 3 is 2.74 bits per heavy atom. The fourth-order valence-electron chi connectivity index (χ4n) is 2.97. The Bertz CT molecular complexity index is 1190. The van der Waals surface area contributed by atoms with Crippen LogP contribution in [0.25, 0.3) is 10.2 Å². The number of ether oxygens (including phenoxy) is 1. The molecule has 1 aromatic heterocycles. The van der Waals surface area contributed by atoms with E-state index in [1.807, 2.05) is 0 Å². The second kappa shape index (κ2) is 7.87. The largest absolute Gasteiger partial charge is 0.573 e. The number of para-hydroxylation sites is 1. The number of rotatable bonds is 4. The normalized spacial score (nSPS) is 16.2. The highest BCUT2D eigenvalue weighted by molar-refractivity contribution is 7.22. The fraction of sp³-hybridized carbons (Fsp3) is 0.158. The number of aromatic nitrogens is 1. The molecule has 31 heavy (non-hydrogen) atoms. The van der Waals surface area contributed by atoms with Gasteiger partial charge in [-0.1, -0.05) is 23.5 Å². The number of hydrogen-bond donors (Lipinski definition) is 3. The molecule has 1 atom stereocenters. The summed E-state index contributed by atoms with van der Waals surface area (Å²) in [5, 5.41) is 7.73. The predicted molar refractivity (Wildman–Crippen MR) is 106 cm³/mol. The van der Waals surface area contributed by atoms with Crippen LogP contribution in [-0.4, -0.2) is 35.1 Å². The molecular weight excluding hydrogens is 437 g/mol. The summed E-state index contributed by atoms with van der Waals surface area (Å²) in [6.45, 7) is 0. The number of nitrogens with zero attached hydrogens (tertiary/aromatic N) is 1. The number of amides is 3. The van der Waals surface area contributed by atoms with E-state index in [9.17, 15) is 27.6 Å². The van der Waals surface area contributed by atoms with Gasteiger partial charge in [-0.05, 0) is 24.3 Å². The first-order valence-electron chi connectivity index (χ1n) is 8.85. The fourth-order valence-corrected chi connectivity index (χ4v) is 3.88. The quantitative estimate of drug-likeness (QED) is 0.565. The van der Waals surface area contributed by atoms with Crippen LogP contribution in [0.5, 0.6) is 5.75 Å². The van der Waals surface area contributed by atoms with E-state index in [0.29, 0.717) is 15.9 Å². The molecule has 3 amide bonds. The highest BCUT2D eigenvalue weighted by atomic mass is 32.1. The van der Waals surface area contributed by atoms with Crippen LogP contribution in [0, 0.1) is 0 Å². The van der Waals surface area contributed by atoms with Gasteiger partial charge in [-0.2, -0.15) is 0 Å². The van der Waals surface area contributed by atoms with Crippen molar-refractivity contribution in [2.45, 2.75) is 18.8 Å². The lowest BCUT2D eigenvalue weighted by Gasteiger charge is -2.13. The van der Waals surface area contributed by atoms with Crippen molar-refractivity contribution in [2.75, 3.05) is 10.6 Å². The predicted octanol–water partition coefficient (Wildman–Crippen LogP) is 3.27. The molecule has 3 N–H and O–H groups in total. The molecule has 0 spiro atoms. The van der Waals surface area contributed by atoms with Crippen molar-refractivity contribution in [3.05, 3.63) is 48.0 Å². The Balaban J connectivity index is 1.44. The SMILES string of the molecule is O=C(C[C@@H]1NC(=O)c2ccccc2NC1=O)Nc1nc2ccc(OC(F)(F)F)cc2s1. The topological polar surface area (TPSA) is 109 Å². The maximum Gasteiger partial charge on any atom is 0.573 e. The average molecular weight is 450 g/mol. The van der Waals surface area contributed by atoms with Crippen molar-refractivity contribution in [1.29, 1.82) is 0 Å². The number of halogens is 3. The van der Waals surface area contributed by atoms with Gasteiger partial charge in [0.25, 0.3) is 5.91 Å². The van der Waals surface area contributed by atoms with Gasteiger partial charge in [0.2, 0.25) is 11.8 Å². The monoisotopic (exact) mass is 450 g/mol. The zero-order chi connectivity index (χ0) is 22.2. The molecule has 4 rings (SSSR count). The molecule has 0 unspecified atom stereocenters. The van der Waals surface area contributed by atoms with Gasteiger partial charge < -0.3 is 20.7 Å². The average Bonchev–Trinajstić information content (AvgIpc) is 3.02. The van der Waals surface area contributed by atoms with Crippen LogP contribution in [0.1, 0.15) is 16.8 Å². The third-order valence-electron chi connectivity index (χ3n) is 4.28. The first-order chi connectivity index (χ1) is 14.7. The lowest BCUT2D eigenvalue weighted by molar-refractivity contribution is -0.274. The number of anilines is 2. The number of hydrogen-bond acceptors (Lipinski definition) is 6. The Morgan fingerprint density at radius 1 is 1.19 bits per heavy atom. The van der Waals surface area contributed by atoms with Gasteiger partial charge in [-0.15, -0.1) is 13.2 Å². The molecule has 0 aliphatic carbocycles. The van der Waals surface area contributed by atoms with Crippen molar-refractivity contribution in [2.24, 2.45) is 0 Å². The van der Waals surface area contributed by atoms with Gasteiger partial charge in [-0.3, -0.25) is 14.4 Å². The Hall–Kier alpha value is -3.67. The number of carbonyl (C=O) groups excluding carboxylic acids is 3. The van der Waals surface area contributed by atoms with Crippen molar-refractivity contribution < 1.29 is 32.3 Å². The van der Waals surface area contributed by atoms with Crippen molar-refractivity contribution in [3.8, 4) is 5.75 Å². The van der Waals surface area contributed by atoms with Gasteiger partial charge in [0.1, 0.15) is 11.8 Å². The van der Waals surface area contributed by atoms with Gasteiger partial charge in [0, 0.05) is 6.07 Å². The van der Waals surface area contributed by atoms with Crippen LogP contribution in [0.3, 0.4) is 0 Å². The maximum absolute atomic E-state index is 12.4. The zero-order valence-corrected chi connectivity index (χ0v) is 16.3. The highest BCUT2D eigenvalue weighted by Gasteiger charge is 2.31. The lowest BCUT2D eigenvalue weighted by atomic mass is 10.1. The van der Waals surface area contributed by atoms with Gasteiger partial charge in [0.15, 0.2) is 5.13 Å². The van der Waals surface area contributed by atoms with E-state index in [1.54, 1.807) is 24.3 Å². The summed E-state index contributed by atoms with van der Waals surface area (Å²) in [5.74, 6) is -2.05. The molecule has 0 bridgehead atoms. The van der Waals surface area contributed by atoms with Crippen LogP contribution < -0.4 is 20.7 Å². The number of carbonyl (C=O) groups is 3. The second-order valence-electron chi connectivity index (χ2n) is 6.51. The minimum atomic E-state index is -4.82. The van der Waals surface area contributed by atoms with E-state index in [4.69, 9.17) is 0 Å². The first kappa shape index (κ1) is 20.6. The number of thiazole rings is 1. The highest BCUT2D eigenvalue weighted by Crippen LogP contribution is 2.31. The van der Waals surface area contributed by atoms with E-state index in [2.05, 4.69) is 25.7 Å². The molecule has 0 saturated carbocycles. The van der Waals surface area contributed by atoms with Gasteiger partial charge >= 0.3 is 6.36 Å². The Kier molecular flexibility index (Phi) is 5.23. The molecule has 0 fully saturated rings. The van der Waals surface area contributed by atoms with E-state index in [-0.39, 0.29) is 17.1 Å². The maximum atomic E-state index is 12.4. The van der Waals surface area contributed by atoms with Gasteiger partial charge in [-0.25, -0.2) is 4.98 Å². The Morgan fingerprint density at radius 2 is 1.97 bits per heavy atom. The van der Waals surface area contributed by atoms with Crippen LogP contribution in [-0.2, 0) is 9.59 Å². The third kappa shape index (κ3) is 4.74. The summed E-state index contributed by atoms with van der Waals surface area (Å²) in [5.41, 5.74) is 0.989. The van der Waals surface area contributed by atoms with E-state index in [1.165, 1.54) is 6.07 Å². The summed E-state index contributed by atoms with van der Waals surface area (Å²) in [4.78, 5) is 41.2. The van der Waals surface area contributed by atoms with Crippen LogP contribution in [0.4, 0.5) is 24.0 Å². The van der Waals surface area contributed by atoms with E-state index < -0.39 is 35.9 Å². The molecule has 0 radical (unpaired) electrons. The van der Waals surface area contributed by atoms with Crippen LogP contribution >= 0.6 is 11.3 Å². The smallest absolute Gasteiger partial charge is 0.406 e. The zero-order valence-electron chi connectivity index (χ0n) is 15.4. The molecule has 1 aliphatic heterocycles. The van der Waals surface area contributed by atoms with E-state index >= 15 is 0 Å². The molecule has 3 aromatic rings. The molecular formula is C19H13F3N4O4S. The minimum Gasteiger partial charge on any atom is -0.406 e. The lowest BCUT2D eigenvalue weighted by Crippen LogP contribution is -2.43. The molecule has 0 saturated heterocycles. The summed E-state index contributed by atoms with van der Waals surface area (Å²) in [7, 11) is 0. The molecule has 12 heteroatoms. The standard InChI is InChI=1S/C19H13F3N4O4S/c20-19(21,22)30-9-5-6-12-14(7-9)31-18(25-12)26-15(27)8-13-17(29)23-11-4-2-1-3-10(11)16(28)24-13/h1-7,13H,8H2,(H,23,29)(H,24,28)(H,25,26,27)/t13-/m0/s1. The van der Waals surface area contributed by atoms with Crippen LogP contribution in [0.2, 0.25) is 0 Å².